The van der Waals surface area contributed by atoms with Crippen LogP contribution in [0.5, 0.6) is 0 Å². The Balaban J connectivity index is 1.77. The van der Waals surface area contributed by atoms with Crippen molar-refractivity contribution in [2.24, 2.45) is 0 Å². The first kappa shape index (κ1) is 16.7. The van der Waals surface area contributed by atoms with Crippen LogP contribution in [-0.4, -0.2) is 16.9 Å². The van der Waals surface area contributed by atoms with Crippen molar-refractivity contribution in [2.75, 3.05) is 0 Å². The summed E-state index contributed by atoms with van der Waals surface area (Å²) in [6.07, 6.45) is 4.24. The lowest BCUT2D eigenvalue weighted by Gasteiger charge is -2.09. The lowest BCUT2D eigenvalue weighted by molar-refractivity contribution is -0.115. The molecule has 2 rings (SSSR count). The Morgan fingerprint density at radius 2 is 1.87 bits per heavy atom. The van der Waals surface area contributed by atoms with Gasteiger partial charge in [0.05, 0.1) is 6.26 Å². The summed E-state index contributed by atoms with van der Waals surface area (Å²) >= 11 is 10.6. The number of hydrogen-bond donors (Lipinski definition) is 3. The number of thiocarbonyl (C=S) groups is 1. The maximum Gasteiger partial charge on any atom is 0.269 e. The van der Waals surface area contributed by atoms with E-state index in [1.54, 1.807) is 36.4 Å². The summed E-state index contributed by atoms with van der Waals surface area (Å²) in [5, 5.41) is 2.86. The van der Waals surface area contributed by atoms with Crippen LogP contribution in [0.2, 0.25) is 5.02 Å². The number of nitrogens with one attached hydrogen (secondary N) is 3. The summed E-state index contributed by atoms with van der Waals surface area (Å²) in [6.45, 7) is 0. The summed E-state index contributed by atoms with van der Waals surface area (Å²) in [5.41, 5.74) is 5.19. The molecule has 0 aliphatic heterocycles. The Morgan fingerprint density at radius 3 is 2.52 bits per heavy atom. The maximum absolute atomic E-state index is 11.8. The minimum Gasteiger partial charge on any atom is -0.465 e. The SMILES string of the molecule is O=C(/C=C/c1ccco1)NC(=S)NNC(=O)c1ccc(Cl)cc1. The fraction of sp³-hybridized carbons (Fsp3) is 0. The van der Waals surface area contributed by atoms with Gasteiger partial charge in [-0.2, -0.15) is 0 Å². The quantitative estimate of drug-likeness (QED) is 0.450. The van der Waals surface area contributed by atoms with Crippen LogP contribution in [-0.2, 0) is 4.79 Å². The number of hydrazine groups is 1. The smallest absolute Gasteiger partial charge is 0.269 e. The number of hydrogen-bond acceptors (Lipinski definition) is 4. The molecule has 1 heterocycles. The van der Waals surface area contributed by atoms with Gasteiger partial charge in [-0.1, -0.05) is 11.6 Å². The molecule has 2 amide bonds. The Hall–Kier alpha value is -2.64. The van der Waals surface area contributed by atoms with Gasteiger partial charge in [0.15, 0.2) is 5.11 Å². The number of carbonyl (C=O) groups is 2. The van der Waals surface area contributed by atoms with Gasteiger partial charge in [0.1, 0.15) is 5.76 Å². The first-order valence-corrected chi connectivity index (χ1v) is 7.21. The van der Waals surface area contributed by atoms with Gasteiger partial charge >= 0.3 is 0 Å². The molecule has 0 spiro atoms. The fourth-order valence-electron chi connectivity index (χ4n) is 1.52. The van der Waals surface area contributed by atoms with Crippen LogP contribution in [0.25, 0.3) is 6.08 Å². The first-order chi connectivity index (χ1) is 11.0. The van der Waals surface area contributed by atoms with E-state index in [-0.39, 0.29) is 5.11 Å². The number of benzene rings is 1. The highest BCUT2D eigenvalue weighted by Gasteiger charge is 2.06. The third-order valence-corrected chi connectivity index (χ3v) is 3.03. The Bertz CT molecular complexity index is 727. The molecule has 0 bridgehead atoms. The Morgan fingerprint density at radius 1 is 1.13 bits per heavy atom. The molecule has 2 aromatic rings. The van der Waals surface area contributed by atoms with Gasteiger partial charge in [0, 0.05) is 16.7 Å². The summed E-state index contributed by atoms with van der Waals surface area (Å²) in [7, 11) is 0. The number of halogens is 1. The predicted octanol–water partition coefficient (Wildman–Crippen LogP) is 2.28. The normalized spacial score (nSPS) is 10.3. The Kier molecular flexibility index (Phi) is 5.90. The summed E-state index contributed by atoms with van der Waals surface area (Å²) in [4.78, 5) is 23.4. The minimum absolute atomic E-state index is 0.0404. The molecule has 1 aromatic heterocycles. The van der Waals surface area contributed by atoms with E-state index in [0.717, 1.165) is 0 Å². The van der Waals surface area contributed by atoms with E-state index >= 15 is 0 Å². The molecule has 0 atom stereocenters. The summed E-state index contributed by atoms with van der Waals surface area (Å²) < 4.78 is 5.04. The zero-order chi connectivity index (χ0) is 16.7. The van der Waals surface area contributed by atoms with Crippen molar-refractivity contribution in [1.82, 2.24) is 16.2 Å². The lowest BCUT2D eigenvalue weighted by Crippen LogP contribution is -2.48. The second-order valence-electron chi connectivity index (χ2n) is 4.25. The van der Waals surface area contributed by atoms with E-state index in [0.29, 0.717) is 16.3 Å². The van der Waals surface area contributed by atoms with E-state index in [1.165, 1.54) is 18.4 Å². The minimum atomic E-state index is -0.459. The highest BCUT2D eigenvalue weighted by molar-refractivity contribution is 7.80. The van der Waals surface area contributed by atoms with Gasteiger partial charge in [0.25, 0.3) is 5.91 Å². The molecular weight excluding hydrogens is 338 g/mol. The standard InChI is InChI=1S/C15H12ClN3O3S/c16-11-5-3-10(4-6-11)14(21)18-19-15(23)17-13(20)8-7-12-2-1-9-22-12/h1-9H,(H,18,21)(H2,17,19,20,23)/b8-7+. The molecule has 0 aliphatic carbocycles. The van der Waals surface area contributed by atoms with E-state index < -0.39 is 11.8 Å². The van der Waals surface area contributed by atoms with Crippen LogP contribution in [0.4, 0.5) is 0 Å². The molecule has 0 radical (unpaired) electrons. The zero-order valence-electron chi connectivity index (χ0n) is 11.7. The molecule has 0 saturated carbocycles. The first-order valence-electron chi connectivity index (χ1n) is 6.43. The summed E-state index contributed by atoms with van der Waals surface area (Å²) in [6, 6.07) is 9.72. The summed E-state index contributed by atoms with van der Waals surface area (Å²) in [5.74, 6) is -0.334. The third-order valence-electron chi connectivity index (χ3n) is 2.57. The van der Waals surface area contributed by atoms with Crippen molar-refractivity contribution in [1.29, 1.82) is 0 Å². The van der Waals surface area contributed by atoms with E-state index in [4.69, 9.17) is 28.2 Å². The number of furan rings is 1. The fourth-order valence-corrected chi connectivity index (χ4v) is 1.79. The van der Waals surface area contributed by atoms with E-state index in [1.807, 2.05) is 0 Å². The molecule has 0 unspecified atom stereocenters. The van der Waals surface area contributed by atoms with Crippen molar-refractivity contribution in [2.45, 2.75) is 0 Å². The second kappa shape index (κ2) is 8.11. The van der Waals surface area contributed by atoms with Crippen molar-refractivity contribution >= 4 is 46.8 Å². The van der Waals surface area contributed by atoms with Crippen LogP contribution in [0.1, 0.15) is 16.1 Å². The molecule has 3 N–H and O–H groups in total. The van der Waals surface area contributed by atoms with Gasteiger partial charge in [-0.25, -0.2) is 0 Å². The van der Waals surface area contributed by atoms with Crippen LogP contribution >= 0.6 is 23.8 Å². The van der Waals surface area contributed by atoms with E-state index in [9.17, 15) is 9.59 Å². The molecule has 118 valence electrons. The van der Waals surface area contributed by atoms with Gasteiger partial charge in [-0.15, -0.1) is 0 Å². The third kappa shape index (κ3) is 5.57. The molecule has 23 heavy (non-hydrogen) atoms. The number of amides is 2. The number of carbonyl (C=O) groups excluding carboxylic acids is 2. The zero-order valence-corrected chi connectivity index (χ0v) is 13.3. The molecule has 0 aliphatic rings. The number of rotatable bonds is 3. The largest absolute Gasteiger partial charge is 0.465 e. The van der Waals surface area contributed by atoms with Gasteiger partial charge in [-0.05, 0) is 54.7 Å². The Labute approximate surface area is 142 Å². The molecule has 8 heteroatoms. The van der Waals surface area contributed by atoms with Gasteiger partial charge in [-0.3, -0.25) is 25.8 Å². The van der Waals surface area contributed by atoms with Crippen LogP contribution in [0.3, 0.4) is 0 Å². The average Bonchev–Trinajstić information content (AvgIpc) is 3.05. The van der Waals surface area contributed by atoms with Crippen molar-refractivity contribution in [3.05, 3.63) is 65.1 Å². The topological polar surface area (TPSA) is 83.4 Å². The molecule has 0 saturated heterocycles. The van der Waals surface area contributed by atoms with Gasteiger partial charge < -0.3 is 4.42 Å². The predicted molar refractivity (Wildman–Crippen MR) is 90.5 cm³/mol. The van der Waals surface area contributed by atoms with Crippen molar-refractivity contribution in [3.8, 4) is 0 Å². The second-order valence-corrected chi connectivity index (χ2v) is 5.10. The van der Waals surface area contributed by atoms with Crippen molar-refractivity contribution < 1.29 is 14.0 Å². The molecule has 1 aromatic carbocycles. The highest BCUT2D eigenvalue weighted by Crippen LogP contribution is 2.08. The van der Waals surface area contributed by atoms with E-state index in [2.05, 4.69) is 16.2 Å². The molecule has 6 nitrogen and oxygen atoms in total. The monoisotopic (exact) mass is 349 g/mol. The average molecular weight is 350 g/mol. The molecule has 0 fully saturated rings. The van der Waals surface area contributed by atoms with Crippen LogP contribution < -0.4 is 16.2 Å². The maximum atomic E-state index is 11.8. The lowest BCUT2D eigenvalue weighted by atomic mass is 10.2. The van der Waals surface area contributed by atoms with Crippen LogP contribution in [0, 0.1) is 0 Å². The highest BCUT2D eigenvalue weighted by atomic mass is 35.5. The van der Waals surface area contributed by atoms with Crippen molar-refractivity contribution in [3.63, 3.8) is 0 Å². The van der Waals surface area contributed by atoms with Crippen LogP contribution in [0.15, 0.2) is 53.2 Å². The molecular formula is C15H12ClN3O3S. The van der Waals surface area contributed by atoms with Gasteiger partial charge in [0.2, 0.25) is 5.91 Å².